The Bertz CT molecular complexity index is 849. The van der Waals surface area contributed by atoms with Gasteiger partial charge in [0.05, 0.1) is 17.2 Å². The van der Waals surface area contributed by atoms with Crippen LogP contribution >= 0.6 is 11.8 Å². The number of furan rings is 1. The normalized spacial score (nSPS) is 12.1. The summed E-state index contributed by atoms with van der Waals surface area (Å²) in [4.78, 5) is 12.2. The second-order valence-electron chi connectivity index (χ2n) is 4.88. The van der Waals surface area contributed by atoms with Crippen LogP contribution in [0.5, 0.6) is 0 Å². The Morgan fingerprint density at radius 1 is 1.33 bits per heavy atom. The number of carbonyl (C=O) groups is 1. The Morgan fingerprint density at radius 3 is 2.83 bits per heavy atom. The van der Waals surface area contributed by atoms with Crippen LogP contribution in [0.15, 0.2) is 52.2 Å². The highest BCUT2D eigenvalue weighted by Gasteiger charge is 2.21. The van der Waals surface area contributed by atoms with E-state index in [9.17, 15) is 9.18 Å². The van der Waals surface area contributed by atoms with Crippen LogP contribution in [0, 0.1) is 5.82 Å². The molecule has 0 aliphatic carbocycles. The van der Waals surface area contributed by atoms with Gasteiger partial charge in [0.1, 0.15) is 5.82 Å². The molecule has 7 nitrogen and oxygen atoms in total. The van der Waals surface area contributed by atoms with Gasteiger partial charge in [0.2, 0.25) is 16.9 Å². The predicted octanol–water partition coefficient (Wildman–Crippen LogP) is 2.51. The SMILES string of the molecule is CC(Sc1nnc(-c2ccco2)n1N)C(=O)Nc1ccccc1F. The number of carbonyl (C=O) groups excluding carboxylic acids is 1. The highest BCUT2D eigenvalue weighted by molar-refractivity contribution is 8.00. The summed E-state index contributed by atoms with van der Waals surface area (Å²) in [6, 6.07) is 9.38. The number of aromatic nitrogens is 3. The second kappa shape index (κ2) is 6.75. The van der Waals surface area contributed by atoms with Crippen LogP contribution in [0.4, 0.5) is 10.1 Å². The molecular formula is C15H14FN5O2S. The van der Waals surface area contributed by atoms with Gasteiger partial charge in [0, 0.05) is 0 Å². The van der Waals surface area contributed by atoms with Gasteiger partial charge in [-0.05, 0) is 31.2 Å². The van der Waals surface area contributed by atoms with E-state index in [1.807, 2.05) is 0 Å². The molecule has 3 aromatic rings. The van der Waals surface area contributed by atoms with Crippen LogP contribution in [0.25, 0.3) is 11.6 Å². The number of benzene rings is 1. The highest BCUT2D eigenvalue weighted by Crippen LogP contribution is 2.25. The van der Waals surface area contributed by atoms with Gasteiger partial charge < -0.3 is 15.6 Å². The van der Waals surface area contributed by atoms with E-state index < -0.39 is 11.1 Å². The van der Waals surface area contributed by atoms with Crippen molar-refractivity contribution in [3.05, 3.63) is 48.5 Å². The van der Waals surface area contributed by atoms with Crippen LogP contribution in [0.2, 0.25) is 0 Å². The molecule has 0 saturated carbocycles. The monoisotopic (exact) mass is 347 g/mol. The molecule has 3 rings (SSSR count). The van der Waals surface area contributed by atoms with Gasteiger partial charge >= 0.3 is 0 Å². The largest absolute Gasteiger partial charge is 0.461 e. The van der Waals surface area contributed by atoms with E-state index in [4.69, 9.17) is 10.3 Å². The molecule has 0 aliphatic rings. The number of amides is 1. The van der Waals surface area contributed by atoms with Gasteiger partial charge in [-0.25, -0.2) is 9.07 Å². The smallest absolute Gasteiger partial charge is 0.237 e. The third kappa shape index (κ3) is 3.25. The van der Waals surface area contributed by atoms with Gasteiger partial charge in [-0.3, -0.25) is 4.79 Å². The predicted molar refractivity (Wildman–Crippen MR) is 88.2 cm³/mol. The van der Waals surface area contributed by atoms with Crippen LogP contribution < -0.4 is 11.2 Å². The topological polar surface area (TPSA) is 99.0 Å². The number of nitrogen functional groups attached to an aromatic ring is 1. The molecule has 0 bridgehead atoms. The summed E-state index contributed by atoms with van der Waals surface area (Å²) in [6.07, 6.45) is 1.50. The first-order valence-electron chi connectivity index (χ1n) is 7.02. The summed E-state index contributed by atoms with van der Waals surface area (Å²) in [5.74, 6) is 5.90. The van der Waals surface area contributed by atoms with Crippen LogP contribution in [-0.4, -0.2) is 26.0 Å². The van der Waals surface area contributed by atoms with Crippen molar-refractivity contribution in [2.75, 3.05) is 11.2 Å². The van der Waals surface area contributed by atoms with E-state index in [1.54, 1.807) is 31.2 Å². The van der Waals surface area contributed by atoms with Crippen molar-refractivity contribution in [1.29, 1.82) is 0 Å². The van der Waals surface area contributed by atoms with Crippen molar-refractivity contribution in [2.24, 2.45) is 0 Å². The summed E-state index contributed by atoms with van der Waals surface area (Å²) < 4.78 is 20.1. The van der Waals surface area contributed by atoms with Crippen molar-refractivity contribution < 1.29 is 13.6 Å². The molecule has 0 aliphatic heterocycles. The summed E-state index contributed by atoms with van der Waals surface area (Å²) in [6.45, 7) is 1.67. The number of nitrogens with two attached hydrogens (primary N) is 1. The third-order valence-corrected chi connectivity index (χ3v) is 4.25. The lowest BCUT2D eigenvalue weighted by molar-refractivity contribution is -0.115. The zero-order chi connectivity index (χ0) is 17.1. The van der Waals surface area contributed by atoms with Crippen molar-refractivity contribution in [3.63, 3.8) is 0 Å². The molecule has 2 aromatic heterocycles. The average Bonchev–Trinajstić information content (AvgIpc) is 3.20. The Morgan fingerprint density at radius 2 is 2.12 bits per heavy atom. The lowest BCUT2D eigenvalue weighted by atomic mass is 10.3. The van der Waals surface area contributed by atoms with Crippen LogP contribution in [0.1, 0.15) is 6.92 Å². The Labute approximate surface area is 141 Å². The number of nitrogens with zero attached hydrogens (tertiary/aromatic N) is 3. The van der Waals surface area contributed by atoms with Crippen molar-refractivity contribution in [2.45, 2.75) is 17.3 Å². The van der Waals surface area contributed by atoms with Gasteiger partial charge in [-0.15, -0.1) is 10.2 Å². The highest BCUT2D eigenvalue weighted by atomic mass is 32.2. The Balaban J connectivity index is 1.70. The molecule has 1 atom stereocenters. The average molecular weight is 347 g/mol. The number of hydrogen-bond donors (Lipinski definition) is 2. The Hall–Kier alpha value is -2.81. The van der Waals surface area contributed by atoms with E-state index >= 15 is 0 Å². The Kier molecular flexibility index (Phi) is 4.52. The minimum Gasteiger partial charge on any atom is -0.461 e. The molecule has 24 heavy (non-hydrogen) atoms. The fourth-order valence-electron chi connectivity index (χ4n) is 1.94. The number of rotatable bonds is 5. The van der Waals surface area contributed by atoms with Gasteiger partial charge in [-0.2, -0.15) is 0 Å². The third-order valence-electron chi connectivity index (χ3n) is 3.19. The summed E-state index contributed by atoms with van der Waals surface area (Å²) in [5.41, 5.74) is 0.125. The molecule has 2 heterocycles. The van der Waals surface area contributed by atoms with Crippen molar-refractivity contribution in [1.82, 2.24) is 14.9 Å². The first-order chi connectivity index (χ1) is 11.6. The fraction of sp³-hybridized carbons (Fsp3) is 0.133. The maximum absolute atomic E-state index is 13.6. The molecule has 0 spiro atoms. The molecule has 0 saturated heterocycles. The molecular weight excluding hydrogens is 333 g/mol. The second-order valence-corrected chi connectivity index (χ2v) is 6.19. The maximum atomic E-state index is 13.6. The molecule has 124 valence electrons. The lowest BCUT2D eigenvalue weighted by Gasteiger charge is -2.11. The standard InChI is InChI=1S/C15H14FN5O2S/c1-9(14(22)18-11-6-3-2-5-10(11)16)24-15-20-19-13(21(15)17)12-7-4-8-23-12/h2-9H,17H2,1H3,(H,18,22). The number of para-hydroxylation sites is 1. The summed E-state index contributed by atoms with van der Waals surface area (Å²) in [5, 5.41) is 10.2. The molecule has 9 heteroatoms. The van der Waals surface area contributed by atoms with Crippen LogP contribution in [-0.2, 0) is 4.79 Å². The van der Waals surface area contributed by atoms with E-state index in [-0.39, 0.29) is 11.6 Å². The molecule has 1 aromatic carbocycles. The summed E-state index contributed by atoms with van der Waals surface area (Å²) >= 11 is 1.11. The molecule has 0 radical (unpaired) electrons. The van der Waals surface area contributed by atoms with Gasteiger partial charge in [0.15, 0.2) is 5.76 Å². The van der Waals surface area contributed by atoms with E-state index in [1.165, 1.54) is 23.1 Å². The van der Waals surface area contributed by atoms with Crippen LogP contribution in [0.3, 0.4) is 0 Å². The van der Waals surface area contributed by atoms with Crippen molar-refractivity contribution in [3.8, 4) is 11.6 Å². The number of anilines is 1. The zero-order valence-corrected chi connectivity index (χ0v) is 13.5. The van der Waals surface area contributed by atoms with E-state index in [0.717, 1.165) is 11.8 Å². The number of halogens is 1. The minimum absolute atomic E-state index is 0.125. The van der Waals surface area contributed by atoms with Gasteiger partial charge in [-0.1, -0.05) is 23.9 Å². The molecule has 1 unspecified atom stereocenters. The number of hydrogen-bond acceptors (Lipinski definition) is 6. The number of nitrogens with one attached hydrogen (secondary N) is 1. The maximum Gasteiger partial charge on any atom is 0.237 e. The number of thioether (sulfide) groups is 1. The molecule has 0 fully saturated rings. The fourth-order valence-corrected chi connectivity index (χ4v) is 2.71. The quantitative estimate of drug-likeness (QED) is 0.543. The minimum atomic E-state index is -0.555. The van der Waals surface area contributed by atoms with Crippen molar-refractivity contribution >= 4 is 23.4 Å². The lowest BCUT2D eigenvalue weighted by Crippen LogP contribution is -2.24. The van der Waals surface area contributed by atoms with E-state index in [2.05, 4.69) is 15.5 Å². The molecule has 1 amide bonds. The first-order valence-corrected chi connectivity index (χ1v) is 7.90. The van der Waals surface area contributed by atoms with E-state index in [0.29, 0.717) is 16.7 Å². The summed E-state index contributed by atoms with van der Waals surface area (Å²) in [7, 11) is 0. The zero-order valence-electron chi connectivity index (χ0n) is 12.6. The first kappa shape index (κ1) is 16.1. The van der Waals surface area contributed by atoms with Gasteiger partial charge in [0.25, 0.3) is 0 Å². The molecule has 3 N–H and O–H groups in total.